The van der Waals surface area contributed by atoms with Crippen molar-refractivity contribution in [2.24, 2.45) is 23.7 Å². The predicted octanol–water partition coefficient (Wildman–Crippen LogP) is 0.833. The van der Waals surface area contributed by atoms with Crippen molar-refractivity contribution in [2.45, 2.75) is 13.0 Å². The van der Waals surface area contributed by atoms with E-state index in [2.05, 4.69) is 0 Å². The van der Waals surface area contributed by atoms with Gasteiger partial charge < -0.3 is 14.8 Å². The second-order valence-corrected chi connectivity index (χ2v) is 6.00. The minimum Gasteiger partial charge on any atom is -0.550 e. The van der Waals surface area contributed by atoms with E-state index in [1.165, 1.54) is 0 Å². The summed E-state index contributed by atoms with van der Waals surface area (Å²) in [5, 5.41) is 11.4. The van der Waals surface area contributed by atoms with Crippen LogP contribution in [0.3, 0.4) is 0 Å². The van der Waals surface area contributed by atoms with Gasteiger partial charge in [0.1, 0.15) is 0 Å². The van der Waals surface area contributed by atoms with Crippen LogP contribution in [0.15, 0.2) is 42.5 Å². The molecule has 1 aromatic carbocycles. The third-order valence-electron chi connectivity index (χ3n) is 4.66. The lowest BCUT2D eigenvalue weighted by Crippen LogP contribution is -2.45. The Kier molecular flexibility index (Phi) is 3.53. The van der Waals surface area contributed by atoms with Crippen molar-refractivity contribution >= 4 is 11.9 Å². The Morgan fingerprint density at radius 2 is 1.76 bits per heavy atom. The van der Waals surface area contributed by atoms with Crippen molar-refractivity contribution in [1.29, 1.82) is 0 Å². The molecule has 4 nitrogen and oxygen atoms in total. The van der Waals surface area contributed by atoms with Gasteiger partial charge in [0.15, 0.2) is 0 Å². The molecule has 1 fully saturated rings. The fraction of sp³-hybridized carbons (Fsp3) is 0.412. The Morgan fingerprint density at radius 3 is 2.38 bits per heavy atom. The third kappa shape index (κ3) is 2.46. The molecular weight excluding hydrogens is 266 g/mol. The second-order valence-electron chi connectivity index (χ2n) is 6.00. The number of carboxylic acids is 1. The van der Waals surface area contributed by atoms with Crippen molar-refractivity contribution < 1.29 is 14.7 Å². The molecule has 2 bridgehead atoms. The van der Waals surface area contributed by atoms with Crippen LogP contribution in [0.5, 0.6) is 0 Å². The van der Waals surface area contributed by atoms with E-state index in [1.807, 2.05) is 42.5 Å². The number of allylic oxidation sites excluding steroid dienone is 2. The number of hydrogen-bond donors (Lipinski definition) is 0. The van der Waals surface area contributed by atoms with Gasteiger partial charge >= 0.3 is 0 Å². The number of amides is 1. The van der Waals surface area contributed by atoms with Crippen LogP contribution < -0.4 is 5.11 Å². The number of hydrogen-bond acceptors (Lipinski definition) is 3. The Labute approximate surface area is 124 Å². The van der Waals surface area contributed by atoms with Gasteiger partial charge in [-0.1, -0.05) is 42.5 Å². The van der Waals surface area contributed by atoms with Crippen molar-refractivity contribution in [3.05, 3.63) is 48.0 Å². The molecule has 21 heavy (non-hydrogen) atoms. The molecule has 1 saturated carbocycles. The molecular formula is C17H18NO3-. The van der Waals surface area contributed by atoms with Crippen LogP contribution in [-0.4, -0.2) is 23.8 Å². The lowest BCUT2D eigenvalue weighted by Gasteiger charge is -2.31. The first-order chi connectivity index (χ1) is 10.1. The average molecular weight is 284 g/mol. The van der Waals surface area contributed by atoms with Crippen LogP contribution in [0, 0.1) is 23.7 Å². The highest BCUT2D eigenvalue weighted by Crippen LogP contribution is 2.48. The number of carbonyl (C=O) groups is 2. The fourth-order valence-electron chi connectivity index (χ4n) is 3.67. The van der Waals surface area contributed by atoms with E-state index >= 15 is 0 Å². The number of carboxylic acid groups (broad SMARTS) is 1. The molecule has 0 N–H and O–H groups in total. The van der Waals surface area contributed by atoms with Gasteiger partial charge in [-0.3, -0.25) is 4.79 Å². The minimum atomic E-state index is -1.10. The number of fused-ring (bicyclic) bond motifs is 2. The van der Waals surface area contributed by atoms with Gasteiger partial charge in [0.2, 0.25) is 5.91 Å². The maximum absolute atomic E-state index is 12.7. The zero-order valence-corrected chi connectivity index (χ0v) is 11.9. The minimum absolute atomic E-state index is 0.0425. The van der Waals surface area contributed by atoms with Crippen molar-refractivity contribution in [3.63, 3.8) is 0 Å². The lowest BCUT2D eigenvalue weighted by molar-refractivity contribution is -0.313. The molecule has 110 valence electrons. The van der Waals surface area contributed by atoms with Gasteiger partial charge in [-0.15, -0.1) is 0 Å². The maximum Gasteiger partial charge on any atom is 0.227 e. The van der Waals surface area contributed by atoms with Gasteiger partial charge in [-0.25, -0.2) is 0 Å². The Bertz CT molecular complexity index is 581. The fourth-order valence-corrected chi connectivity index (χ4v) is 3.67. The molecule has 0 unspecified atom stereocenters. The van der Waals surface area contributed by atoms with E-state index in [0.717, 1.165) is 12.0 Å². The predicted molar refractivity (Wildman–Crippen MR) is 75.6 cm³/mol. The second kappa shape index (κ2) is 5.35. The van der Waals surface area contributed by atoms with Crippen molar-refractivity contribution in [1.82, 2.24) is 4.90 Å². The largest absolute Gasteiger partial charge is 0.550 e. The van der Waals surface area contributed by atoms with Crippen LogP contribution in [0.25, 0.3) is 0 Å². The molecule has 1 aromatic rings. The summed E-state index contributed by atoms with van der Waals surface area (Å²) < 4.78 is 0. The van der Waals surface area contributed by atoms with Gasteiger partial charge in [0, 0.05) is 25.5 Å². The van der Waals surface area contributed by atoms with Crippen LogP contribution >= 0.6 is 0 Å². The number of carbonyl (C=O) groups excluding carboxylic acids is 2. The standard InChI is InChI=1S/C17H19NO3/c1-18(10-11-5-3-2-4-6-11)16(19)14-12-7-8-13(9-12)15(14)17(20)21/h2-8,12-15H,9-10H2,1H3,(H,20,21)/p-1/t12-,13-,14+,15-/m0/s1. The smallest absolute Gasteiger partial charge is 0.227 e. The molecule has 4 atom stereocenters. The van der Waals surface area contributed by atoms with Crippen molar-refractivity contribution in [3.8, 4) is 0 Å². The Hall–Kier alpha value is -2.10. The summed E-state index contributed by atoms with van der Waals surface area (Å²) in [6.07, 6.45) is 4.67. The van der Waals surface area contributed by atoms with Crippen LogP contribution in [0.4, 0.5) is 0 Å². The van der Waals surface area contributed by atoms with E-state index in [1.54, 1.807) is 11.9 Å². The van der Waals surface area contributed by atoms with E-state index < -0.39 is 17.8 Å². The molecule has 2 aliphatic rings. The van der Waals surface area contributed by atoms with Crippen LogP contribution in [-0.2, 0) is 16.1 Å². The van der Waals surface area contributed by atoms with Gasteiger partial charge in [0.05, 0.1) is 5.92 Å². The molecule has 2 aliphatic carbocycles. The summed E-state index contributed by atoms with van der Waals surface area (Å²) in [4.78, 5) is 25.7. The summed E-state index contributed by atoms with van der Waals surface area (Å²) in [5.74, 6) is -2.34. The Balaban J connectivity index is 1.75. The summed E-state index contributed by atoms with van der Waals surface area (Å²) >= 11 is 0. The average Bonchev–Trinajstić information content (AvgIpc) is 3.08. The first kappa shape index (κ1) is 13.9. The number of rotatable bonds is 4. The molecule has 0 spiro atoms. The zero-order valence-electron chi connectivity index (χ0n) is 11.9. The van der Waals surface area contributed by atoms with Crippen LogP contribution in [0.2, 0.25) is 0 Å². The summed E-state index contributed by atoms with van der Waals surface area (Å²) in [5.41, 5.74) is 1.04. The molecule has 0 aliphatic heterocycles. The summed E-state index contributed by atoms with van der Waals surface area (Å²) in [6.45, 7) is 0.497. The lowest BCUT2D eigenvalue weighted by atomic mass is 9.82. The van der Waals surface area contributed by atoms with Gasteiger partial charge in [-0.05, 0) is 23.8 Å². The van der Waals surface area contributed by atoms with E-state index in [-0.39, 0.29) is 17.7 Å². The first-order valence-electron chi connectivity index (χ1n) is 7.26. The Morgan fingerprint density at radius 1 is 1.14 bits per heavy atom. The quantitative estimate of drug-likeness (QED) is 0.770. The molecule has 0 aromatic heterocycles. The third-order valence-corrected chi connectivity index (χ3v) is 4.66. The van der Waals surface area contributed by atoms with E-state index in [4.69, 9.17) is 0 Å². The number of benzene rings is 1. The summed E-state index contributed by atoms with van der Waals surface area (Å²) in [6, 6.07) is 9.70. The highest BCUT2D eigenvalue weighted by molar-refractivity contribution is 5.86. The molecule has 3 rings (SSSR count). The molecule has 0 heterocycles. The summed E-state index contributed by atoms with van der Waals surface area (Å²) in [7, 11) is 1.73. The zero-order chi connectivity index (χ0) is 15.0. The highest BCUT2D eigenvalue weighted by atomic mass is 16.4. The number of nitrogens with zero attached hydrogens (tertiary/aromatic N) is 1. The normalized spacial score (nSPS) is 29.6. The first-order valence-corrected chi connectivity index (χ1v) is 7.26. The SMILES string of the molecule is CN(Cc1ccccc1)C(=O)[C@H]1[C@@H](C(=O)[O-])[C@H]2C=C[C@H]1C2. The highest BCUT2D eigenvalue weighted by Gasteiger charge is 2.49. The monoisotopic (exact) mass is 284 g/mol. The topological polar surface area (TPSA) is 60.4 Å². The van der Waals surface area contributed by atoms with Gasteiger partial charge in [-0.2, -0.15) is 0 Å². The maximum atomic E-state index is 12.7. The van der Waals surface area contributed by atoms with Crippen molar-refractivity contribution in [2.75, 3.05) is 7.05 Å². The number of aliphatic carboxylic acids is 1. The van der Waals surface area contributed by atoms with E-state index in [9.17, 15) is 14.7 Å². The molecule has 0 radical (unpaired) electrons. The molecule has 0 saturated heterocycles. The molecule has 4 heteroatoms. The molecule has 1 amide bonds. The van der Waals surface area contributed by atoms with Gasteiger partial charge in [0.25, 0.3) is 0 Å². The van der Waals surface area contributed by atoms with Crippen LogP contribution in [0.1, 0.15) is 12.0 Å². The van der Waals surface area contributed by atoms with E-state index in [0.29, 0.717) is 6.54 Å².